The van der Waals surface area contributed by atoms with Crippen LogP contribution in [-0.2, 0) is 66.8 Å². The summed E-state index contributed by atoms with van der Waals surface area (Å²) in [5.74, 6) is 2.74. The fourth-order valence-electron chi connectivity index (χ4n) is 13.0. The average Bonchev–Trinajstić information content (AvgIpc) is 1.61. The lowest BCUT2D eigenvalue weighted by Crippen LogP contribution is -2.28. The molecule has 0 radical (unpaired) electrons. The van der Waals surface area contributed by atoms with Crippen LogP contribution in [-0.4, -0.2) is 146 Å². The van der Waals surface area contributed by atoms with E-state index >= 15 is 0 Å². The molecule has 2 heterocycles. The minimum Gasteiger partial charge on any atom is -0.497 e. The summed E-state index contributed by atoms with van der Waals surface area (Å²) < 4.78 is 79.8. The normalized spacial score (nSPS) is 14.2. The van der Waals surface area contributed by atoms with Crippen LogP contribution in [0.3, 0.4) is 0 Å². The van der Waals surface area contributed by atoms with E-state index in [0.717, 1.165) is 133 Å². The van der Waals surface area contributed by atoms with Crippen LogP contribution >= 0.6 is 11.3 Å². The molecule has 0 spiro atoms. The highest BCUT2D eigenvalue weighted by Crippen LogP contribution is 2.44. The van der Waals surface area contributed by atoms with Gasteiger partial charge in [0.05, 0.1) is 104 Å². The molecule has 2 fully saturated rings. The Labute approximate surface area is 736 Å². The molecule has 2 aromatic heterocycles. The van der Waals surface area contributed by atoms with Crippen molar-refractivity contribution >= 4 is 91.8 Å². The Kier molecular flexibility index (Phi) is 45.8. The summed E-state index contributed by atoms with van der Waals surface area (Å²) in [6, 6.07) is 35.9. The highest BCUT2D eigenvalue weighted by atomic mass is 32.1. The fourth-order valence-corrected chi connectivity index (χ4v) is 14.0. The van der Waals surface area contributed by atoms with Gasteiger partial charge in [-0.1, -0.05) is 32.4 Å². The van der Waals surface area contributed by atoms with Crippen LogP contribution in [0.25, 0.3) is 32.0 Å². The Bertz CT molecular complexity index is 4690. The van der Waals surface area contributed by atoms with Crippen molar-refractivity contribution in [1.29, 1.82) is 0 Å². The van der Waals surface area contributed by atoms with Gasteiger partial charge in [-0.15, -0.1) is 11.3 Å². The van der Waals surface area contributed by atoms with Crippen molar-refractivity contribution in [1.82, 2.24) is 4.98 Å². The Balaban J connectivity index is 0.000000258. The first-order valence-electron chi connectivity index (χ1n) is 42.1. The number of furan rings is 1. The number of aromatic nitrogens is 1. The maximum atomic E-state index is 13.3. The van der Waals surface area contributed by atoms with E-state index in [2.05, 4.69) is 46.2 Å². The molecule has 2 aliphatic carbocycles. The number of unbranched alkanes of at least 4 members (excludes halogenated alkanes) is 8. The molecule has 0 atom stereocenters. The summed E-state index contributed by atoms with van der Waals surface area (Å²) >= 11 is 1.33. The molecule has 672 valence electrons. The predicted molar refractivity (Wildman–Crippen MR) is 476 cm³/mol. The summed E-state index contributed by atoms with van der Waals surface area (Å²) in [6.45, 7) is 26.2. The van der Waals surface area contributed by atoms with Crippen LogP contribution in [0.5, 0.6) is 46.0 Å². The number of ether oxygens (including phenoxy) is 14. The number of nitrogens with zero attached hydrogens (tertiary/aromatic N) is 1. The van der Waals surface area contributed by atoms with Gasteiger partial charge < -0.3 is 70.7 Å². The lowest BCUT2D eigenvalue weighted by molar-refractivity contribution is -0.141. The third-order valence-electron chi connectivity index (χ3n) is 20.5. The second kappa shape index (κ2) is 56.4. The topological polar surface area (TPSA) is 326 Å². The number of hydrogen-bond acceptors (Lipinski definition) is 27. The first-order valence-corrected chi connectivity index (χ1v) is 42.9. The second-order valence-corrected chi connectivity index (χ2v) is 30.4. The maximum absolute atomic E-state index is 13.3. The Morgan fingerprint density at radius 2 is 0.696 bits per heavy atom. The number of Topliss-reactive ketones (excluding diaryl/α,β-unsaturated/α-hetero) is 2. The summed E-state index contributed by atoms with van der Waals surface area (Å²) in [7, 11) is 6.40. The molecule has 0 aliphatic heterocycles. The summed E-state index contributed by atoms with van der Waals surface area (Å²) in [5, 5.41) is 1.59. The van der Waals surface area contributed by atoms with Gasteiger partial charge in [-0.25, -0.2) is 33.8 Å². The van der Waals surface area contributed by atoms with Crippen LogP contribution in [0.4, 0.5) is 0 Å². The molecule has 0 N–H and O–H groups in total. The number of ketones is 2. The smallest absolute Gasteiger partial charge is 0.338 e. The largest absolute Gasteiger partial charge is 0.497 e. The van der Waals surface area contributed by atoms with E-state index in [4.69, 9.17) is 75.7 Å². The Morgan fingerprint density at radius 3 is 1.06 bits per heavy atom. The molecule has 26 nitrogen and oxygen atoms in total. The number of methoxy groups -OCH3 is 4. The van der Waals surface area contributed by atoms with E-state index in [1.54, 1.807) is 103 Å². The summed E-state index contributed by atoms with van der Waals surface area (Å²) in [5.41, 5.74) is 5.53. The quantitative estimate of drug-likeness (QED) is 0.0113. The van der Waals surface area contributed by atoms with Gasteiger partial charge in [-0.2, -0.15) is 0 Å². The van der Waals surface area contributed by atoms with Crippen molar-refractivity contribution in [3.05, 3.63) is 200 Å². The minimum absolute atomic E-state index is 0.00760. The van der Waals surface area contributed by atoms with Crippen LogP contribution < -0.4 is 37.9 Å². The third-order valence-corrected chi connectivity index (χ3v) is 21.6. The highest BCUT2D eigenvalue weighted by Gasteiger charge is 2.33. The van der Waals surface area contributed by atoms with E-state index < -0.39 is 11.9 Å². The zero-order chi connectivity index (χ0) is 90.8. The molecule has 10 rings (SSSR count). The average molecular weight is 1740 g/mol. The van der Waals surface area contributed by atoms with E-state index in [-0.39, 0.29) is 77.7 Å². The van der Waals surface area contributed by atoms with Crippen molar-refractivity contribution in [2.75, 3.05) is 81.3 Å². The van der Waals surface area contributed by atoms with Gasteiger partial charge in [-0.05, 0) is 295 Å². The van der Waals surface area contributed by atoms with Gasteiger partial charge in [0.15, 0.2) is 22.3 Å². The van der Waals surface area contributed by atoms with Crippen molar-refractivity contribution < 1.29 is 119 Å². The zero-order valence-corrected chi connectivity index (χ0v) is 74.2. The maximum Gasteiger partial charge on any atom is 0.338 e. The number of carbonyl (C=O) groups excluding carboxylic acids is 10. The number of aryl methyl sites for hydroxylation is 3. The fraction of sp³-hybridized carbons (Fsp3) is 0.418. The van der Waals surface area contributed by atoms with Crippen LogP contribution in [0.15, 0.2) is 176 Å². The lowest BCUT2D eigenvalue weighted by atomic mass is 9.80. The molecule has 6 aromatic carbocycles. The predicted octanol–water partition coefficient (Wildman–Crippen LogP) is 19.7. The van der Waals surface area contributed by atoms with Gasteiger partial charge in [0.2, 0.25) is 0 Å². The number of hydrogen-bond donors (Lipinski definition) is 0. The molecule has 27 heteroatoms. The first kappa shape index (κ1) is 101. The molecule has 2 aliphatic rings. The second-order valence-electron chi connectivity index (χ2n) is 29.4. The van der Waals surface area contributed by atoms with Gasteiger partial charge in [0, 0.05) is 41.5 Å². The van der Waals surface area contributed by atoms with Crippen molar-refractivity contribution in [3.8, 4) is 56.8 Å². The van der Waals surface area contributed by atoms with Gasteiger partial charge >= 0.3 is 47.8 Å². The molecule has 8 aromatic rings. The van der Waals surface area contributed by atoms with Crippen LogP contribution in [0.1, 0.15) is 180 Å². The van der Waals surface area contributed by atoms with Crippen molar-refractivity contribution in [2.45, 2.75) is 163 Å². The van der Waals surface area contributed by atoms with E-state index in [9.17, 15) is 47.9 Å². The van der Waals surface area contributed by atoms with E-state index in [1.807, 2.05) is 61.5 Å². The molecular weight excluding hydrogens is 1620 g/mol. The monoisotopic (exact) mass is 1740 g/mol. The molecule has 125 heavy (non-hydrogen) atoms. The molecule has 0 unspecified atom stereocenters. The van der Waals surface area contributed by atoms with Crippen LogP contribution in [0, 0.1) is 44.4 Å². The lowest BCUT2D eigenvalue weighted by Gasteiger charge is -2.25. The number of thiazole rings is 1. The zero-order valence-electron chi connectivity index (χ0n) is 73.4. The van der Waals surface area contributed by atoms with Crippen LogP contribution in [0.2, 0.25) is 0 Å². The number of rotatable bonds is 43. The van der Waals surface area contributed by atoms with Gasteiger partial charge in [0.25, 0.3) is 0 Å². The van der Waals surface area contributed by atoms with Gasteiger partial charge in [-0.3, -0.25) is 19.2 Å². The number of carbonyl (C=O) groups is 10. The van der Waals surface area contributed by atoms with Gasteiger partial charge in [0.1, 0.15) is 61.9 Å². The van der Waals surface area contributed by atoms with Crippen molar-refractivity contribution in [2.24, 2.45) is 23.7 Å². The molecule has 0 bridgehead atoms. The number of fused-ring (bicyclic) bond motifs is 2. The van der Waals surface area contributed by atoms with Crippen molar-refractivity contribution in [3.63, 3.8) is 0 Å². The minimum atomic E-state index is -0.444. The Morgan fingerprint density at radius 1 is 0.384 bits per heavy atom. The highest BCUT2D eigenvalue weighted by molar-refractivity contribution is 7.22. The molecule has 0 amide bonds. The first-order chi connectivity index (χ1) is 60.3. The number of esters is 8. The third kappa shape index (κ3) is 36.1. The van der Waals surface area contributed by atoms with E-state index in [1.165, 1.54) is 17.4 Å². The SMILES string of the molecule is C=CC(=O)OCCCCCCOC(=O)c1ccc(OC)cc1.C=CC(=O)OCCCCCCOc1ccc(OC)cc1.C=CC(=O)OCCCCOC(=O)c1ccc(OC)cc1.C=CC(=O)OCCCCOc1ccc(OC)cc1.CC(=O)C1CCC(C(=O)Oc2ccc(OC(=O)C3CCC(C(C)=O)CC3)c3sc(-c4cc5c(C)cc(C)c(C)c5o4)nc23)CC1. The summed E-state index contributed by atoms with van der Waals surface area (Å²) in [6.07, 6.45) is 20.0. The van der Waals surface area contributed by atoms with E-state index in [0.29, 0.717) is 166 Å². The molecule has 0 saturated heterocycles. The Hall–Kier alpha value is -12.4. The molecular formula is C98H119NO25S. The standard InChI is InChI=1S/C36H39NO7S.C17H22O5.C16H22O4.C15H18O5.C14H18O4/c1-18-16-19(2)27-17-30(42-32(27)20(18)3)34-37-31-28(43-35(40)25-10-6-23(7-11-25)21(4)38)14-15-29(33(31)45-34)44-36(41)26-12-8-24(9-13-26)22(5)39;1-3-16(18)21-12-6-4-5-7-13-22-17(19)14-8-10-15(20-2)11-9-14;1-3-16(17)20-13-7-5-4-6-12-19-15-10-8-14(18-2)9-11-15;1-3-14(16)19-10-4-5-11-20-15(17)12-6-8-13(18-2)9-7-12;1-3-14(15)18-11-5-4-10-17-13-8-6-12(16-2)7-9-13/h14-17,23-26H,6-13H2,1-5H3;3,8-11H,1,4-7,12-13H2,2H3;3,8-11H,1,4-7,12-13H2,2H3;3,6-9H,1,4-5,10-11H2,2H3;3,6-9H,1,4-5,10-11H2,2H3. The summed E-state index contributed by atoms with van der Waals surface area (Å²) in [4.78, 5) is 122. The molecule has 2 saturated carbocycles. The number of benzene rings is 6.